The summed E-state index contributed by atoms with van der Waals surface area (Å²) in [5, 5.41) is 22.4. The summed E-state index contributed by atoms with van der Waals surface area (Å²) in [4.78, 5) is 24.3. The number of ether oxygens (including phenoxy) is 1. The Labute approximate surface area is 96.7 Å². The van der Waals surface area contributed by atoms with Crippen LogP contribution in [-0.2, 0) is 14.3 Å². The van der Waals surface area contributed by atoms with Crippen LogP contribution < -0.4 is 5.32 Å². The lowest BCUT2D eigenvalue weighted by molar-refractivity contribution is -0.147. The average molecular weight is 240 g/mol. The maximum absolute atomic E-state index is 11.8. The molecule has 0 spiro atoms. The fourth-order valence-corrected chi connectivity index (χ4v) is 2.37. The van der Waals surface area contributed by atoms with Gasteiger partial charge in [-0.05, 0) is 0 Å². The van der Waals surface area contributed by atoms with Crippen molar-refractivity contribution in [2.45, 2.75) is 31.0 Å². The highest BCUT2D eigenvalue weighted by molar-refractivity contribution is 6.07. The van der Waals surface area contributed by atoms with E-state index in [1.54, 1.807) is 0 Å². The number of rotatable bonds is 0. The molecule has 3 aliphatic heterocycles. The second kappa shape index (κ2) is 3.52. The van der Waals surface area contributed by atoms with E-state index >= 15 is 0 Å². The van der Waals surface area contributed by atoms with Gasteiger partial charge in [0, 0.05) is 12.6 Å². The normalized spacial score (nSPS) is 40.6. The van der Waals surface area contributed by atoms with Crippen LogP contribution >= 0.6 is 0 Å². The Morgan fingerprint density at radius 3 is 2.88 bits per heavy atom. The van der Waals surface area contributed by atoms with Crippen LogP contribution in [0.3, 0.4) is 0 Å². The van der Waals surface area contributed by atoms with E-state index in [0.717, 1.165) is 0 Å². The monoisotopic (exact) mass is 240 g/mol. The molecule has 7 heteroatoms. The number of carbonyl (C=O) groups excluding carboxylic acids is 2. The van der Waals surface area contributed by atoms with Crippen molar-refractivity contribution in [3.8, 4) is 0 Å². The number of ketones is 1. The van der Waals surface area contributed by atoms with Gasteiger partial charge in [0.25, 0.3) is 0 Å². The van der Waals surface area contributed by atoms with Gasteiger partial charge < -0.3 is 20.3 Å². The fraction of sp³-hybridized carbons (Fsp3) is 0.600. The lowest BCUT2D eigenvalue weighted by atomic mass is 10.1. The Morgan fingerprint density at radius 1 is 1.35 bits per heavy atom. The molecule has 2 saturated heterocycles. The number of aliphatic hydroxyl groups is 2. The van der Waals surface area contributed by atoms with Gasteiger partial charge in [0.1, 0.15) is 24.1 Å². The highest BCUT2D eigenvalue weighted by Crippen LogP contribution is 2.30. The van der Waals surface area contributed by atoms with Crippen molar-refractivity contribution in [1.82, 2.24) is 10.2 Å². The number of nitrogens with zero attached hydrogens (tertiary/aromatic N) is 1. The Kier molecular flexibility index (Phi) is 2.22. The zero-order valence-electron chi connectivity index (χ0n) is 8.87. The number of aliphatic hydroxyl groups excluding tert-OH is 2. The molecule has 92 valence electrons. The first-order valence-corrected chi connectivity index (χ1v) is 5.40. The molecule has 3 unspecified atom stereocenters. The van der Waals surface area contributed by atoms with Gasteiger partial charge in [-0.3, -0.25) is 14.5 Å². The molecule has 7 nitrogen and oxygen atoms in total. The number of hydrogen-bond donors (Lipinski definition) is 3. The molecule has 0 aromatic rings. The lowest BCUT2D eigenvalue weighted by Gasteiger charge is -2.33. The number of fused-ring (bicyclic) bond motifs is 4. The van der Waals surface area contributed by atoms with Crippen molar-refractivity contribution in [2.24, 2.45) is 0 Å². The Hall–Kier alpha value is -1.44. The van der Waals surface area contributed by atoms with Gasteiger partial charge in [-0.25, -0.2) is 0 Å². The minimum Gasteiger partial charge on any atom is -0.387 e. The molecule has 2 fully saturated rings. The summed E-state index contributed by atoms with van der Waals surface area (Å²) in [6.45, 7) is 0.248. The van der Waals surface area contributed by atoms with Crippen LogP contribution in [0.2, 0.25) is 0 Å². The SMILES string of the molecule is O=C1C=C2NCC3OC(C(O)[C@@H]3O)N2C(=O)C1. The van der Waals surface area contributed by atoms with E-state index in [-0.39, 0.29) is 18.7 Å². The van der Waals surface area contributed by atoms with Crippen LogP contribution in [0.25, 0.3) is 0 Å². The third kappa shape index (κ3) is 1.47. The summed E-state index contributed by atoms with van der Waals surface area (Å²) in [7, 11) is 0. The topological polar surface area (TPSA) is 99.1 Å². The maximum Gasteiger partial charge on any atom is 0.238 e. The molecule has 0 aromatic heterocycles. The molecule has 2 bridgehead atoms. The van der Waals surface area contributed by atoms with E-state index < -0.39 is 30.4 Å². The fourth-order valence-electron chi connectivity index (χ4n) is 2.37. The van der Waals surface area contributed by atoms with Gasteiger partial charge in [-0.1, -0.05) is 0 Å². The van der Waals surface area contributed by atoms with E-state index in [9.17, 15) is 19.8 Å². The van der Waals surface area contributed by atoms with Gasteiger partial charge in [-0.2, -0.15) is 0 Å². The molecule has 3 aliphatic rings. The summed E-state index contributed by atoms with van der Waals surface area (Å²) in [5.74, 6) is -0.370. The van der Waals surface area contributed by atoms with Crippen LogP contribution in [-0.4, -0.2) is 57.9 Å². The van der Waals surface area contributed by atoms with E-state index in [4.69, 9.17) is 4.74 Å². The molecule has 0 aromatic carbocycles. The minimum absolute atomic E-state index is 0.238. The van der Waals surface area contributed by atoms with Crippen molar-refractivity contribution >= 4 is 11.7 Å². The summed E-state index contributed by atoms with van der Waals surface area (Å²) < 4.78 is 5.41. The van der Waals surface area contributed by atoms with Crippen molar-refractivity contribution in [1.29, 1.82) is 0 Å². The third-order valence-electron chi connectivity index (χ3n) is 3.23. The smallest absolute Gasteiger partial charge is 0.238 e. The molecule has 1 amide bonds. The highest BCUT2D eigenvalue weighted by Gasteiger charge is 2.50. The lowest BCUT2D eigenvalue weighted by Crippen LogP contribution is -2.52. The summed E-state index contributed by atoms with van der Waals surface area (Å²) >= 11 is 0. The first-order valence-electron chi connectivity index (χ1n) is 5.40. The van der Waals surface area contributed by atoms with Crippen LogP contribution in [0.15, 0.2) is 11.9 Å². The average Bonchev–Trinajstić information content (AvgIpc) is 2.49. The number of allylic oxidation sites excluding steroid dienone is 1. The highest BCUT2D eigenvalue weighted by atomic mass is 16.6. The Bertz CT molecular complexity index is 421. The number of amides is 1. The van der Waals surface area contributed by atoms with E-state index in [1.807, 2.05) is 0 Å². The molecule has 17 heavy (non-hydrogen) atoms. The van der Waals surface area contributed by atoms with E-state index in [0.29, 0.717) is 5.82 Å². The second-order valence-corrected chi connectivity index (χ2v) is 4.36. The molecule has 0 aliphatic carbocycles. The molecule has 0 saturated carbocycles. The first-order chi connectivity index (χ1) is 8.08. The molecule has 3 heterocycles. The molecular formula is C10H12N2O5. The zero-order chi connectivity index (χ0) is 12.2. The van der Waals surface area contributed by atoms with Crippen molar-refractivity contribution < 1.29 is 24.5 Å². The zero-order valence-corrected chi connectivity index (χ0v) is 8.87. The maximum atomic E-state index is 11.8. The van der Waals surface area contributed by atoms with Crippen molar-refractivity contribution in [3.63, 3.8) is 0 Å². The minimum atomic E-state index is -1.15. The second-order valence-electron chi connectivity index (χ2n) is 4.36. The van der Waals surface area contributed by atoms with Gasteiger partial charge in [0.15, 0.2) is 12.0 Å². The molecular weight excluding hydrogens is 228 g/mol. The van der Waals surface area contributed by atoms with Crippen LogP contribution in [0.4, 0.5) is 0 Å². The number of carbonyl (C=O) groups is 2. The van der Waals surface area contributed by atoms with Crippen molar-refractivity contribution in [3.05, 3.63) is 11.9 Å². The Balaban J connectivity index is 2.00. The van der Waals surface area contributed by atoms with Crippen molar-refractivity contribution in [2.75, 3.05) is 6.54 Å². The number of nitrogens with one attached hydrogen (secondary N) is 1. The quantitative estimate of drug-likeness (QED) is 0.411. The molecule has 3 rings (SSSR count). The molecule has 3 N–H and O–H groups in total. The predicted molar refractivity (Wildman–Crippen MR) is 53.2 cm³/mol. The van der Waals surface area contributed by atoms with Crippen LogP contribution in [0, 0.1) is 0 Å². The largest absolute Gasteiger partial charge is 0.387 e. The molecule has 0 radical (unpaired) electrons. The van der Waals surface area contributed by atoms with Gasteiger partial charge in [0.2, 0.25) is 5.91 Å². The third-order valence-corrected chi connectivity index (χ3v) is 3.23. The van der Waals surface area contributed by atoms with Gasteiger partial charge >= 0.3 is 0 Å². The summed E-state index contributed by atoms with van der Waals surface area (Å²) in [6, 6.07) is 0. The van der Waals surface area contributed by atoms with Gasteiger partial charge in [0.05, 0.1) is 6.42 Å². The predicted octanol–water partition coefficient (Wildman–Crippen LogP) is -2.32. The van der Waals surface area contributed by atoms with Crippen LogP contribution in [0.5, 0.6) is 0 Å². The van der Waals surface area contributed by atoms with Gasteiger partial charge in [-0.15, -0.1) is 0 Å². The first kappa shape index (κ1) is 10.7. The summed E-state index contributed by atoms with van der Waals surface area (Å²) in [6.07, 6.45) is -2.59. The van der Waals surface area contributed by atoms with Crippen LogP contribution in [0.1, 0.15) is 6.42 Å². The standard InChI is InChI=1S/C10H12N2O5/c13-4-1-6-11-3-5-8(15)9(16)10(17-5)12(6)7(14)2-4/h1,5,8-11,15-16H,2-3H2/t5?,8-,9?,10?/m1/s1. The Morgan fingerprint density at radius 2 is 2.12 bits per heavy atom. The summed E-state index contributed by atoms with van der Waals surface area (Å²) in [5.41, 5.74) is 0. The molecule has 4 atom stereocenters. The number of hydrogen-bond acceptors (Lipinski definition) is 6. The van der Waals surface area contributed by atoms with E-state index in [1.165, 1.54) is 11.0 Å². The van der Waals surface area contributed by atoms with E-state index in [2.05, 4.69) is 5.32 Å².